The van der Waals surface area contributed by atoms with Crippen LogP contribution in [0.3, 0.4) is 0 Å². The maximum Gasteiger partial charge on any atom is 0.303 e. The van der Waals surface area contributed by atoms with Crippen molar-refractivity contribution in [3.8, 4) is 28.2 Å². The van der Waals surface area contributed by atoms with E-state index in [0.29, 0.717) is 32.4 Å². The lowest BCUT2D eigenvalue weighted by Crippen LogP contribution is -2.04. The molecule has 190 valence electrons. The van der Waals surface area contributed by atoms with Gasteiger partial charge in [-0.2, -0.15) is 0 Å². The zero-order valence-corrected chi connectivity index (χ0v) is 22.4. The summed E-state index contributed by atoms with van der Waals surface area (Å²) in [5.41, 5.74) is 2.20. The van der Waals surface area contributed by atoms with Crippen LogP contribution in [0.2, 0.25) is 15.1 Å². The number of carbonyl (C=O) groups excluding carboxylic acids is 1. The molecule has 0 bridgehead atoms. The lowest BCUT2D eigenvalue weighted by molar-refractivity contribution is -0.136. The van der Waals surface area contributed by atoms with E-state index in [1.807, 2.05) is 0 Å². The molecule has 1 aromatic heterocycles. The normalized spacial score (nSPS) is 11.5. The Hall–Kier alpha value is -3.17. The molecule has 0 unspecified atom stereocenters. The third-order valence-corrected chi connectivity index (χ3v) is 7.59. The molecule has 4 aromatic rings. The lowest BCUT2D eigenvalue weighted by atomic mass is 10.1. The highest BCUT2D eigenvalue weighted by atomic mass is 35.5. The van der Waals surface area contributed by atoms with Gasteiger partial charge in [-0.25, -0.2) is 13.4 Å². The number of imidazole rings is 1. The Labute approximate surface area is 228 Å². The predicted molar refractivity (Wildman–Crippen MR) is 144 cm³/mol. The van der Waals surface area contributed by atoms with Crippen molar-refractivity contribution in [3.63, 3.8) is 0 Å². The number of hydrogen-bond donors (Lipinski definition) is 1. The van der Waals surface area contributed by atoms with Crippen molar-refractivity contribution < 1.29 is 23.1 Å². The Morgan fingerprint density at radius 2 is 1.54 bits per heavy atom. The van der Waals surface area contributed by atoms with Crippen molar-refractivity contribution >= 4 is 56.4 Å². The van der Waals surface area contributed by atoms with Gasteiger partial charge in [0, 0.05) is 18.9 Å². The molecule has 0 amide bonds. The van der Waals surface area contributed by atoms with Crippen LogP contribution in [0.15, 0.2) is 71.8 Å². The van der Waals surface area contributed by atoms with E-state index in [-0.39, 0.29) is 34.3 Å². The van der Waals surface area contributed by atoms with E-state index in [1.54, 1.807) is 59.2 Å². The van der Waals surface area contributed by atoms with E-state index in [4.69, 9.17) is 39.9 Å². The molecule has 0 aliphatic carbocycles. The summed E-state index contributed by atoms with van der Waals surface area (Å²) in [5.74, 6) is -1.31. The highest BCUT2D eigenvalue weighted by Gasteiger charge is 2.22. The van der Waals surface area contributed by atoms with Crippen LogP contribution in [0.5, 0.6) is 0 Å². The predicted octanol–water partition coefficient (Wildman–Crippen LogP) is 6.62. The number of aromatic nitrogens is 2. The van der Waals surface area contributed by atoms with Crippen molar-refractivity contribution in [2.45, 2.75) is 17.7 Å². The van der Waals surface area contributed by atoms with Crippen LogP contribution >= 0.6 is 34.8 Å². The molecule has 11 heteroatoms. The van der Waals surface area contributed by atoms with Gasteiger partial charge < -0.3 is 5.11 Å². The molecule has 0 saturated carbocycles. The number of hydrogen-bond acceptors (Lipinski definition) is 5. The highest BCUT2D eigenvalue weighted by molar-refractivity contribution is 7.90. The monoisotopic (exact) mass is 576 g/mol. The molecule has 0 fully saturated rings. The third kappa shape index (κ3) is 5.88. The van der Waals surface area contributed by atoms with Gasteiger partial charge in [-0.05, 0) is 47.5 Å². The van der Waals surface area contributed by atoms with Gasteiger partial charge in [0.1, 0.15) is 11.5 Å². The Kier molecular flexibility index (Phi) is 7.75. The number of benzene rings is 3. The summed E-state index contributed by atoms with van der Waals surface area (Å²) in [6.45, 7) is 0. The van der Waals surface area contributed by atoms with E-state index in [2.05, 4.69) is 4.98 Å². The zero-order chi connectivity index (χ0) is 26.9. The van der Waals surface area contributed by atoms with Gasteiger partial charge >= 0.3 is 5.97 Å². The molecule has 0 radical (unpaired) electrons. The van der Waals surface area contributed by atoms with Crippen LogP contribution < -0.4 is 0 Å². The fourth-order valence-corrected chi connectivity index (χ4v) is 5.23. The second kappa shape index (κ2) is 10.7. The number of carboxylic acid groups (broad SMARTS) is 1. The average Bonchev–Trinajstić information content (AvgIpc) is 3.26. The minimum atomic E-state index is -3.39. The molecule has 0 saturated heterocycles. The van der Waals surface area contributed by atoms with Gasteiger partial charge in [-0.1, -0.05) is 59.1 Å². The van der Waals surface area contributed by atoms with Crippen molar-refractivity contribution in [2.24, 2.45) is 0 Å². The smallest absolute Gasteiger partial charge is 0.303 e. The topological polar surface area (TPSA) is 106 Å². The first-order chi connectivity index (χ1) is 17.5. The second-order valence-electron chi connectivity index (χ2n) is 8.20. The van der Waals surface area contributed by atoms with Gasteiger partial charge in [0.05, 0.1) is 37.6 Å². The number of halogens is 3. The van der Waals surface area contributed by atoms with Gasteiger partial charge in [0.25, 0.3) is 0 Å². The average molecular weight is 578 g/mol. The summed E-state index contributed by atoms with van der Waals surface area (Å²) < 4.78 is 25.5. The maximum atomic E-state index is 12.7. The van der Waals surface area contributed by atoms with Crippen LogP contribution in [0, 0.1) is 0 Å². The molecule has 0 spiro atoms. The van der Waals surface area contributed by atoms with Crippen molar-refractivity contribution in [2.75, 3.05) is 6.26 Å². The summed E-state index contributed by atoms with van der Waals surface area (Å²) in [7, 11) is -3.39. The van der Waals surface area contributed by atoms with E-state index in [1.165, 1.54) is 12.3 Å². The number of aliphatic carboxylic acids is 1. The van der Waals surface area contributed by atoms with E-state index < -0.39 is 21.6 Å². The molecule has 7 nitrogen and oxygen atoms in total. The standard InChI is InChI=1S/C26H19Cl3N2O5S/c1-37(35,36)17-5-2-4-15(12-17)16-8-9-22(20(29)13-16)31-14-21(23(32)10-11-24(33)34)30-26(31)25-18(27)6-3-7-19(25)28/h2-9,12-14H,10-11H2,1H3,(H,33,34). The Balaban J connectivity index is 1.84. The number of Topliss-reactive ketones (excluding diaryl/α,β-unsaturated/α-hetero) is 1. The summed E-state index contributed by atoms with van der Waals surface area (Å²) in [6, 6.07) is 16.6. The zero-order valence-electron chi connectivity index (χ0n) is 19.3. The molecule has 0 aliphatic heterocycles. The number of sulfone groups is 1. The molecular weight excluding hydrogens is 559 g/mol. The molecule has 37 heavy (non-hydrogen) atoms. The molecule has 3 aromatic carbocycles. The largest absolute Gasteiger partial charge is 0.481 e. The summed E-state index contributed by atoms with van der Waals surface area (Å²) in [5, 5.41) is 9.84. The summed E-state index contributed by atoms with van der Waals surface area (Å²) in [6.07, 6.45) is 2.03. The highest BCUT2D eigenvalue weighted by Crippen LogP contribution is 2.37. The Morgan fingerprint density at radius 3 is 2.16 bits per heavy atom. The Morgan fingerprint density at radius 1 is 0.892 bits per heavy atom. The van der Waals surface area contributed by atoms with Crippen molar-refractivity contribution in [1.82, 2.24) is 9.55 Å². The molecule has 0 atom stereocenters. The molecule has 1 heterocycles. The first kappa shape index (κ1) is 26.9. The Bertz CT molecular complexity index is 1630. The third-order valence-electron chi connectivity index (χ3n) is 5.55. The van der Waals surface area contributed by atoms with Crippen molar-refractivity contribution in [1.29, 1.82) is 0 Å². The second-order valence-corrected chi connectivity index (χ2v) is 11.4. The molecule has 1 N–H and O–H groups in total. The van der Waals surface area contributed by atoms with E-state index in [0.717, 1.165) is 6.26 Å². The lowest BCUT2D eigenvalue weighted by Gasteiger charge is -2.13. The van der Waals surface area contributed by atoms with Crippen LogP contribution in [-0.2, 0) is 14.6 Å². The van der Waals surface area contributed by atoms with Crippen LogP contribution in [0.1, 0.15) is 23.3 Å². The van der Waals surface area contributed by atoms with Crippen molar-refractivity contribution in [3.05, 3.63) is 87.6 Å². The maximum absolute atomic E-state index is 12.7. The molecular formula is C26H19Cl3N2O5S. The SMILES string of the molecule is CS(=O)(=O)c1cccc(-c2ccc(-n3cc(C(=O)CCC(=O)O)nc3-c3c(Cl)cccc3Cl)c(Cl)c2)c1. The first-order valence-corrected chi connectivity index (χ1v) is 13.9. The number of rotatable bonds is 8. The van der Waals surface area contributed by atoms with E-state index >= 15 is 0 Å². The minimum absolute atomic E-state index is 0.0354. The van der Waals surface area contributed by atoms with Gasteiger partial charge in [0.15, 0.2) is 15.6 Å². The fraction of sp³-hybridized carbons (Fsp3) is 0.115. The first-order valence-electron chi connectivity index (χ1n) is 10.8. The molecule has 4 rings (SSSR count). The van der Waals surface area contributed by atoms with Gasteiger partial charge in [0.2, 0.25) is 0 Å². The van der Waals surface area contributed by atoms with Crippen LogP contribution in [-0.4, -0.2) is 41.1 Å². The fourth-order valence-electron chi connectivity index (χ4n) is 3.72. The van der Waals surface area contributed by atoms with Crippen LogP contribution in [0.25, 0.3) is 28.2 Å². The number of carboxylic acids is 1. The van der Waals surface area contributed by atoms with E-state index in [9.17, 15) is 18.0 Å². The number of nitrogens with zero attached hydrogens (tertiary/aromatic N) is 2. The van der Waals surface area contributed by atoms with Gasteiger partial charge in [-0.3, -0.25) is 14.2 Å². The minimum Gasteiger partial charge on any atom is -0.481 e. The van der Waals surface area contributed by atoms with Crippen LogP contribution in [0.4, 0.5) is 0 Å². The summed E-state index contributed by atoms with van der Waals surface area (Å²) >= 11 is 19.5. The molecule has 0 aliphatic rings. The summed E-state index contributed by atoms with van der Waals surface area (Å²) in [4.78, 5) is 28.3. The quantitative estimate of drug-likeness (QED) is 0.236. The van der Waals surface area contributed by atoms with Gasteiger partial charge in [-0.15, -0.1) is 0 Å². The number of carbonyl (C=O) groups is 2. The number of ketones is 1.